The molecule has 3 N–H and O–H groups in total. The molecule has 7 heteroatoms. The highest BCUT2D eigenvalue weighted by Crippen LogP contribution is 2.37. The molecule has 0 radical (unpaired) electrons. The number of guanidine groups is 1. The van der Waals surface area contributed by atoms with Crippen LogP contribution in [0.15, 0.2) is 23.2 Å². The molecule has 1 aliphatic carbocycles. The van der Waals surface area contributed by atoms with E-state index >= 15 is 0 Å². The van der Waals surface area contributed by atoms with E-state index in [1.807, 2.05) is 18.2 Å². The summed E-state index contributed by atoms with van der Waals surface area (Å²) in [5, 5.41) is 3.34. The largest absolute Gasteiger partial charge is 0.493 e. The number of halogens is 1. The highest BCUT2D eigenvalue weighted by atomic mass is 127. The molecule has 0 saturated heterocycles. The van der Waals surface area contributed by atoms with E-state index in [0.717, 1.165) is 18.7 Å². The second-order valence-electron chi connectivity index (χ2n) is 7.19. The lowest BCUT2D eigenvalue weighted by Gasteiger charge is -2.32. The van der Waals surface area contributed by atoms with Crippen LogP contribution in [0.2, 0.25) is 0 Å². The minimum atomic E-state index is 0. The molecule has 0 bridgehead atoms. The number of methoxy groups -OCH3 is 2. The molecule has 1 aromatic rings. The van der Waals surface area contributed by atoms with Crippen molar-refractivity contribution in [2.24, 2.45) is 16.1 Å². The van der Waals surface area contributed by atoms with E-state index < -0.39 is 0 Å². The van der Waals surface area contributed by atoms with Crippen LogP contribution in [0.25, 0.3) is 0 Å². The number of aliphatic imine (C=N–C) groups is 1. The van der Waals surface area contributed by atoms with Crippen molar-refractivity contribution in [3.63, 3.8) is 0 Å². The van der Waals surface area contributed by atoms with Crippen LogP contribution in [-0.4, -0.2) is 52.3 Å². The number of nitrogens with one attached hydrogen (secondary N) is 1. The van der Waals surface area contributed by atoms with Gasteiger partial charge in [-0.3, -0.25) is 0 Å². The topological polar surface area (TPSA) is 72.1 Å². The van der Waals surface area contributed by atoms with Crippen LogP contribution >= 0.6 is 24.0 Å². The van der Waals surface area contributed by atoms with Crippen molar-refractivity contribution in [2.45, 2.75) is 32.2 Å². The maximum Gasteiger partial charge on any atom is 0.188 e. The number of nitrogens with two attached hydrogens (primary N) is 1. The fourth-order valence-corrected chi connectivity index (χ4v) is 3.68. The molecule has 1 fully saturated rings. The molecule has 1 saturated carbocycles. The van der Waals surface area contributed by atoms with E-state index in [-0.39, 0.29) is 24.0 Å². The molecule has 6 nitrogen and oxygen atoms in total. The van der Waals surface area contributed by atoms with Gasteiger partial charge in [-0.1, -0.05) is 18.9 Å². The van der Waals surface area contributed by atoms with Gasteiger partial charge in [0.15, 0.2) is 17.5 Å². The Labute approximate surface area is 174 Å². The maximum absolute atomic E-state index is 6.09. The molecule has 0 atom stereocenters. The van der Waals surface area contributed by atoms with Gasteiger partial charge in [-0.2, -0.15) is 0 Å². The van der Waals surface area contributed by atoms with Gasteiger partial charge in [-0.15, -0.1) is 24.0 Å². The first-order chi connectivity index (χ1) is 12.0. The van der Waals surface area contributed by atoms with Gasteiger partial charge in [0, 0.05) is 18.5 Å². The number of nitrogens with zero attached hydrogens (tertiary/aromatic N) is 2. The van der Waals surface area contributed by atoms with Crippen molar-refractivity contribution in [1.29, 1.82) is 0 Å². The van der Waals surface area contributed by atoms with Crippen LogP contribution in [0.4, 0.5) is 0 Å². The molecule has 0 heterocycles. The zero-order valence-corrected chi connectivity index (χ0v) is 18.7. The van der Waals surface area contributed by atoms with Crippen molar-refractivity contribution in [1.82, 2.24) is 10.2 Å². The van der Waals surface area contributed by atoms with Gasteiger partial charge in [0.1, 0.15) is 0 Å². The van der Waals surface area contributed by atoms with Gasteiger partial charge >= 0.3 is 0 Å². The summed E-state index contributed by atoms with van der Waals surface area (Å²) in [6.45, 7) is 2.48. The van der Waals surface area contributed by atoms with Crippen LogP contribution in [0.3, 0.4) is 0 Å². The van der Waals surface area contributed by atoms with Gasteiger partial charge in [0.05, 0.1) is 20.8 Å². The number of ether oxygens (including phenoxy) is 2. The number of hydrogen-bond acceptors (Lipinski definition) is 4. The van der Waals surface area contributed by atoms with Crippen molar-refractivity contribution < 1.29 is 9.47 Å². The summed E-state index contributed by atoms with van der Waals surface area (Å²) in [6, 6.07) is 5.79. The second-order valence-corrected chi connectivity index (χ2v) is 7.19. The summed E-state index contributed by atoms with van der Waals surface area (Å²) in [5.74, 6) is 1.92. The number of hydrogen-bond donors (Lipinski definition) is 2. The maximum atomic E-state index is 6.09. The van der Waals surface area contributed by atoms with E-state index in [1.54, 1.807) is 14.2 Å². The number of benzene rings is 1. The van der Waals surface area contributed by atoms with Crippen molar-refractivity contribution in [2.75, 3.05) is 41.4 Å². The lowest BCUT2D eigenvalue weighted by molar-refractivity contribution is 0.202. The lowest BCUT2D eigenvalue weighted by Crippen LogP contribution is -2.44. The molecule has 1 aromatic carbocycles. The van der Waals surface area contributed by atoms with Gasteiger partial charge in [0.25, 0.3) is 0 Å². The van der Waals surface area contributed by atoms with Crippen molar-refractivity contribution in [3.05, 3.63) is 23.8 Å². The van der Waals surface area contributed by atoms with Gasteiger partial charge in [0.2, 0.25) is 0 Å². The molecular weight excluding hydrogens is 443 g/mol. The molecule has 1 aliphatic rings. The highest BCUT2D eigenvalue weighted by Gasteiger charge is 2.34. The monoisotopic (exact) mass is 476 g/mol. The molecule has 0 spiro atoms. The average Bonchev–Trinajstić information content (AvgIpc) is 3.05. The van der Waals surface area contributed by atoms with E-state index in [1.165, 1.54) is 25.7 Å². The van der Waals surface area contributed by atoms with E-state index in [9.17, 15) is 0 Å². The van der Waals surface area contributed by atoms with Gasteiger partial charge in [-0.05, 0) is 44.6 Å². The smallest absolute Gasteiger partial charge is 0.188 e. The van der Waals surface area contributed by atoms with Crippen molar-refractivity contribution >= 4 is 29.9 Å². The molecule has 0 amide bonds. The molecule has 0 aromatic heterocycles. The highest BCUT2D eigenvalue weighted by molar-refractivity contribution is 14.0. The third-order valence-electron chi connectivity index (χ3n) is 4.84. The molecule has 0 unspecified atom stereocenters. The average molecular weight is 476 g/mol. The van der Waals surface area contributed by atoms with Crippen LogP contribution in [0.1, 0.15) is 31.2 Å². The Balaban J connectivity index is 0.00000338. The Morgan fingerprint density at radius 2 is 1.85 bits per heavy atom. The van der Waals surface area contributed by atoms with Crippen LogP contribution in [0.5, 0.6) is 11.5 Å². The zero-order valence-electron chi connectivity index (χ0n) is 16.4. The minimum absolute atomic E-state index is 0. The predicted molar refractivity (Wildman–Crippen MR) is 118 cm³/mol. The molecule has 148 valence electrons. The fourth-order valence-electron chi connectivity index (χ4n) is 3.68. The van der Waals surface area contributed by atoms with E-state index in [2.05, 4.69) is 29.3 Å². The summed E-state index contributed by atoms with van der Waals surface area (Å²) in [5.41, 5.74) is 7.43. The Morgan fingerprint density at radius 3 is 2.42 bits per heavy atom. The first-order valence-corrected chi connectivity index (χ1v) is 8.87. The Kier molecular flexibility index (Phi) is 9.49. The Hall–Kier alpha value is -1.22. The second kappa shape index (κ2) is 10.8. The summed E-state index contributed by atoms with van der Waals surface area (Å²) < 4.78 is 10.6. The van der Waals surface area contributed by atoms with E-state index in [4.69, 9.17) is 15.2 Å². The lowest BCUT2D eigenvalue weighted by atomic mass is 9.85. The van der Waals surface area contributed by atoms with E-state index in [0.29, 0.717) is 29.4 Å². The summed E-state index contributed by atoms with van der Waals surface area (Å²) >= 11 is 0. The normalized spacial score (nSPS) is 16.3. The first kappa shape index (κ1) is 22.8. The third-order valence-corrected chi connectivity index (χ3v) is 4.84. The SMILES string of the molecule is COc1ccc(CN=C(N)NCC2(CN(C)C)CCCC2)cc1OC.I. The minimum Gasteiger partial charge on any atom is -0.493 e. The van der Waals surface area contributed by atoms with Gasteiger partial charge < -0.3 is 25.4 Å². The Morgan fingerprint density at radius 1 is 1.19 bits per heavy atom. The fraction of sp³-hybridized carbons (Fsp3) is 0.632. The van der Waals surface area contributed by atoms with Crippen LogP contribution in [0, 0.1) is 5.41 Å². The predicted octanol–water partition coefficient (Wildman–Crippen LogP) is 2.85. The number of rotatable bonds is 8. The zero-order chi connectivity index (χ0) is 18.3. The van der Waals surface area contributed by atoms with Crippen LogP contribution < -0.4 is 20.5 Å². The van der Waals surface area contributed by atoms with Crippen LogP contribution in [-0.2, 0) is 6.54 Å². The van der Waals surface area contributed by atoms with Gasteiger partial charge in [-0.25, -0.2) is 4.99 Å². The third kappa shape index (κ3) is 6.50. The quantitative estimate of drug-likeness (QED) is 0.343. The Bertz CT molecular complexity index is 587. The molecule has 0 aliphatic heterocycles. The van der Waals surface area contributed by atoms with Crippen molar-refractivity contribution in [3.8, 4) is 11.5 Å². The standard InChI is InChI=1S/C19H32N4O2.HI/c1-23(2)14-19(9-5-6-10-19)13-22-18(20)21-12-15-7-8-16(24-3)17(11-15)25-4;/h7-8,11H,5-6,9-10,12-14H2,1-4H3,(H3,20,21,22);1H. The summed E-state index contributed by atoms with van der Waals surface area (Å²) in [7, 11) is 7.53. The molecular formula is C19H33IN4O2. The summed E-state index contributed by atoms with van der Waals surface area (Å²) in [4.78, 5) is 6.74. The first-order valence-electron chi connectivity index (χ1n) is 8.87. The molecule has 2 rings (SSSR count). The summed E-state index contributed by atoms with van der Waals surface area (Å²) in [6.07, 6.45) is 5.11. The molecule has 26 heavy (non-hydrogen) atoms.